The van der Waals surface area contributed by atoms with Crippen molar-refractivity contribution in [1.82, 2.24) is 0 Å². The van der Waals surface area contributed by atoms with Crippen LogP contribution in [0.3, 0.4) is 0 Å². The third-order valence-electron chi connectivity index (χ3n) is 1.74. The van der Waals surface area contributed by atoms with Crippen molar-refractivity contribution in [3.05, 3.63) is 11.8 Å². The molecule has 15 heavy (non-hydrogen) atoms. The van der Waals surface area contributed by atoms with Crippen LogP contribution in [0.2, 0.25) is 0 Å². The maximum Gasteiger partial charge on any atom is 2.00 e. The molecule has 4 heteroatoms. The molecule has 0 bridgehead atoms. The average molecular weight is 289 g/mol. The van der Waals surface area contributed by atoms with Crippen LogP contribution in [-0.4, -0.2) is 56.7 Å². The minimum Gasteiger partial charge on any atom is -0.875 e. The van der Waals surface area contributed by atoms with Crippen LogP contribution < -0.4 is 5.11 Å². The Kier molecular flexibility index (Phi) is 9.89. The number of hydrogen-bond donors (Lipinski definition) is 0. The molecule has 0 fully saturated rings. The van der Waals surface area contributed by atoms with Gasteiger partial charge in [-0.1, -0.05) is 41.5 Å². The number of carbonyl (C=O) groups excluding carboxylic acids is 1. The van der Waals surface area contributed by atoms with Gasteiger partial charge in [0.2, 0.25) is 0 Å². The first kappa shape index (κ1) is 21.0. The number of allylic oxidation sites excluding steroid dienone is 2. The van der Waals surface area contributed by atoms with E-state index in [9.17, 15) is 9.90 Å². The molecule has 0 aromatic carbocycles. The molecule has 0 saturated carbocycles. The van der Waals surface area contributed by atoms with Crippen LogP contribution in [0.15, 0.2) is 11.8 Å². The fraction of sp³-hybridized carbons (Fsp3) is 0.727. The summed E-state index contributed by atoms with van der Waals surface area (Å²) in [4.78, 5) is 11.4. The van der Waals surface area contributed by atoms with Crippen molar-refractivity contribution < 1.29 is 15.4 Å². The average Bonchev–Trinajstić information content (AvgIpc) is 1.82. The van der Waals surface area contributed by atoms with E-state index in [1.54, 1.807) is 0 Å². The fourth-order valence-corrected chi connectivity index (χ4v) is 0.552. The minimum atomic E-state index is -0.457. The summed E-state index contributed by atoms with van der Waals surface area (Å²) in [5.74, 6) is -0.208. The van der Waals surface area contributed by atoms with Crippen LogP contribution in [0.4, 0.5) is 0 Å². The van der Waals surface area contributed by atoms with Gasteiger partial charge in [-0.2, -0.15) is 0 Å². The van der Waals surface area contributed by atoms with E-state index >= 15 is 0 Å². The third-order valence-corrected chi connectivity index (χ3v) is 1.74. The SMILES string of the molecule is CC(C)(C)C(=O)C=C([O-])C(C)(C)C.O.[Sr+2]. The fourth-order valence-electron chi connectivity index (χ4n) is 0.552. The zero-order chi connectivity index (χ0) is 10.9. The van der Waals surface area contributed by atoms with Crippen LogP contribution in [0.25, 0.3) is 0 Å². The second-order valence-corrected chi connectivity index (χ2v) is 5.37. The van der Waals surface area contributed by atoms with Gasteiger partial charge in [0, 0.05) is 5.41 Å². The molecule has 0 amide bonds. The molecule has 0 heterocycles. The zero-order valence-electron chi connectivity index (χ0n) is 10.6. The molecule has 3 nitrogen and oxygen atoms in total. The Balaban J connectivity index is -0.000000720. The normalized spacial score (nSPS) is 12.5. The van der Waals surface area contributed by atoms with Gasteiger partial charge in [-0.25, -0.2) is 0 Å². The van der Waals surface area contributed by atoms with Gasteiger partial charge in [-0.05, 0) is 11.5 Å². The van der Waals surface area contributed by atoms with Crippen LogP contribution >= 0.6 is 0 Å². The third kappa shape index (κ3) is 8.46. The van der Waals surface area contributed by atoms with Crippen molar-refractivity contribution >= 4 is 51.3 Å². The summed E-state index contributed by atoms with van der Waals surface area (Å²) in [6, 6.07) is 0. The van der Waals surface area contributed by atoms with Crippen molar-refractivity contribution in [2.75, 3.05) is 0 Å². The topological polar surface area (TPSA) is 71.6 Å². The van der Waals surface area contributed by atoms with Gasteiger partial charge < -0.3 is 10.6 Å². The molecule has 0 rings (SSSR count). The van der Waals surface area contributed by atoms with Crippen LogP contribution in [-0.2, 0) is 4.79 Å². The van der Waals surface area contributed by atoms with E-state index in [1.165, 1.54) is 6.08 Å². The van der Waals surface area contributed by atoms with E-state index in [2.05, 4.69) is 0 Å². The maximum atomic E-state index is 11.4. The molecule has 0 unspecified atom stereocenters. The number of hydrogen-bond acceptors (Lipinski definition) is 2. The summed E-state index contributed by atoms with van der Waals surface area (Å²) >= 11 is 0. The van der Waals surface area contributed by atoms with Gasteiger partial charge in [0.15, 0.2) is 5.78 Å². The summed E-state index contributed by atoms with van der Waals surface area (Å²) in [5.41, 5.74) is -0.915. The Morgan fingerprint density at radius 1 is 1.00 bits per heavy atom. The van der Waals surface area contributed by atoms with Crippen LogP contribution in [0.5, 0.6) is 0 Å². The second kappa shape index (κ2) is 7.07. The molecule has 0 spiro atoms. The molecular weight excluding hydrogens is 268 g/mol. The summed E-state index contributed by atoms with van der Waals surface area (Å²) < 4.78 is 0. The van der Waals surface area contributed by atoms with Crippen molar-refractivity contribution in [3.63, 3.8) is 0 Å². The summed E-state index contributed by atoms with van der Waals surface area (Å²) in [6.07, 6.45) is 1.22. The van der Waals surface area contributed by atoms with Gasteiger partial charge in [-0.3, -0.25) is 4.79 Å². The Morgan fingerprint density at radius 3 is 1.53 bits per heavy atom. The van der Waals surface area contributed by atoms with Gasteiger partial charge >= 0.3 is 45.5 Å². The minimum absolute atomic E-state index is 0. The van der Waals surface area contributed by atoms with Gasteiger partial charge in [0.05, 0.1) is 0 Å². The molecular formula is C11H21O3Sr+. The second-order valence-electron chi connectivity index (χ2n) is 5.37. The molecule has 0 atom stereocenters. The van der Waals surface area contributed by atoms with E-state index in [1.807, 2.05) is 41.5 Å². The summed E-state index contributed by atoms with van der Waals surface area (Å²) in [5, 5.41) is 11.4. The van der Waals surface area contributed by atoms with E-state index in [-0.39, 0.29) is 62.5 Å². The van der Waals surface area contributed by atoms with E-state index < -0.39 is 10.8 Å². The summed E-state index contributed by atoms with van der Waals surface area (Å²) in [6.45, 7) is 10.8. The van der Waals surface area contributed by atoms with Crippen LogP contribution in [0.1, 0.15) is 41.5 Å². The van der Waals surface area contributed by atoms with E-state index in [4.69, 9.17) is 0 Å². The molecule has 0 aliphatic carbocycles. The zero-order valence-corrected chi connectivity index (χ0v) is 14.1. The molecule has 2 N–H and O–H groups in total. The summed E-state index contributed by atoms with van der Waals surface area (Å²) in [7, 11) is 0. The molecule has 0 radical (unpaired) electrons. The molecule has 84 valence electrons. The standard InChI is InChI=1S/C11H20O2.H2O.Sr/c1-10(2,3)8(12)7-9(13)11(4,5)6;;/h7,12H,1-6H3;1H2;/q;;+2/p-1. The molecule has 0 aliphatic heterocycles. The predicted molar refractivity (Wildman–Crippen MR) is 61.4 cm³/mol. The first-order chi connectivity index (χ1) is 5.55. The molecule has 0 saturated heterocycles. The molecule has 0 aromatic rings. The first-order valence-corrected chi connectivity index (χ1v) is 4.49. The molecule has 0 aromatic heterocycles. The Labute approximate surface area is 130 Å². The van der Waals surface area contributed by atoms with E-state index in [0.29, 0.717) is 0 Å². The molecule has 0 aliphatic rings. The number of carbonyl (C=O) groups is 1. The van der Waals surface area contributed by atoms with Crippen molar-refractivity contribution in [2.24, 2.45) is 10.8 Å². The van der Waals surface area contributed by atoms with Gasteiger partial charge in [0.25, 0.3) is 0 Å². The number of rotatable bonds is 1. The van der Waals surface area contributed by atoms with Crippen molar-refractivity contribution in [2.45, 2.75) is 41.5 Å². The first-order valence-electron chi connectivity index (χ1n) is 4.49. The predicted octanol–water partition coefficient (Wildman–Crippen LogP) is 0.686. The van der Waals surface area contributed by atoms with E-state index in [0.717, 1.165) is 0 Å². The largest absolute Gasteiger partial charge is 2.00 e. The van der Waals surface area contributed by atoms with Gasteiger partial charge in [0.1, 0.15) is 0 Å². The van der Waals surface area contributed by atoms with Crippen LogP contribution in [0, 0.1) is 10.8 Å². The monoisotopic (exact) mass is 289 g/mol. The van der Waals surface area contributed by atoms with Gasteiger partial charge in [-0.15, -0.1) is 5.76 Å². The van der Waals surface area contributed by atoms with Crippen molar-refractivity contribution in [1.29, 1.82) is 0 Å². The van der Waals surface area contributed by atoms with Crippen molar-refractivity contribution in [3.8, 4) is 0 Å². The quantitative estimate of drug-likeness (QED) is 0.404. The Morgan fingerprint density at radius 2 is 1.33 bits per heavy atom. The Bertz CT molecular complexity index is 231. The smallest absolute Gasteiger partial charge is 0.875 e. The maximum absolute atomic E-state index is 11.4. The Hall–Kier alpha value is 0.651. The number of ketones is 1.